The molecule has 1 N–H and O–H groups in total. The van der Waals surface area contributed by atoms with E-state index >= 15 is 0 Å². The Kier molecular flexibility index (Phi) is 5.37. The molecular formula is C15H29N3O. The second kappa shape index (κ2) is 6.21. The standard InChI is InChI=1S/C15H29N3O/c1-12(2)17-13(9-16)7-8-18-10-14(3,4)19-15(5,6)11-18/h12-13,17H,7-8,10-11H2,1-6H3. The van der Waals surface area contributed by atoms with Crippen LogP contribution in [0.3, 0.4) is 0 Å². The maximum atomic E-state index is 9.15. The molecule has 1 fully saturated rings. The fraction of sp³-hybridized carbons (Fsp3) is 0.933. The van der Waals surface area contributed by atoms with Crippen LogP contribution in [0.15, 0.2) is 0 Å². The number of rotatable bonds is 5. The lowest BCUT2D eigenvalue weighted by Crippen LogP contribution is -2.57. The van der Waals surface area contributed by atoms with Crippen LogP contribution in [0.1, 0.15) is 48.0 Å². The molecular weight excluding hydrogens is 238 g/mol. The van der Waals surface area contributed by atoms with Crippen LogP contribution in [-0.2, 0) is 4.74 Å². The van der Waals surface area contributed by atoms with E-state index in [2.05, 4.69) is 57.8 Å². The highest BCUT2D eigenvalue weighted by atomic mass is 16.5. The molecule has 0 bridgehead atoms. The molecule has 4 nitrogen and oxygen atoms in total. The zero-order chi connectivity index (χ0) is 14.7. The predicted molar refractivity (Wildman–Crippen MR) is 78.0 cm³/mol. The van der Waals surface area contributed by atoms with E-state index in [1.807, 2.05) is 0 Å². The third kappa shape index (κ3) is 5.90. The quantitative estimate of drug-likeness (QED) is 0.829. The number of nitrogens with zero attached hydrogens (tertiary/aromatic N) is 2. The van der Waals surface area contributed by atoms with Crippen molar-refractivity contribution in [3.8, 4) is 6.07 Å². The van der Waals surface area contributed by atoms with E-state index in [4.69, 9.17) is 10.00 Å². The summed E-state index contributed by atoms with van der Waals surface area (Å²) < 4.78 is 6.07. The van der Waals surface area contributed by atoms with Gasteiger partial charge in [0.25, 0.3) is 0 Å². The second-order valence-corrected chi connectivity index (χ2v) is 7.12. The molecule has 110 valence electrons. The zero-order valence-electron chi connectivity index (χ0n) is 13.3. The lowest BCUT2D eigenvalue weighted by atomic mass is 9.98. The number of nitriles is 1. The summed E-state index contributed by atoms with van der Waals surface area (Å²) in [5.41, 5.74) is -0.231. The van der Waals surface area contributed by atoms with Gasteiger partial charge in [0.1, 0.15) is 0 Å². The van der Waals surface area contributed by atoms with Gasteiger partial charge in [-0.05, 0) is 48.0 Å². The van der Waals surface area contributed by atoms with Gasteiger partial charge in [-0.3, -0.25) is 10.2 Å². The normalized spacial score (nSPS) is 24.1. The van der Waals surface area contributed by atoms with Gasteiger partial charge in [0.05, 0.1) is 23.3 Å². The number of nitrogens with one attached hydrogen (secondary N) is 1. The van der Waals surface area contributed by atoms with Crippen molar-refractivity contribution < 1.29 is 4.74 Å². The van der Waals surface area contributed by atoms with Gasteiger partial charge in [-0.2, -0.15) is 5.26 Å². The van der Waals surface area contributed by atoms with E-state index in [0.29, 0.717) is 6.04 Å². The smallest absolute Gasteiger partial charge is 0.0967 e. The molecule has 1 unspecified atom stereocenters. The van der Waals surface area contributed by atoms with Crippen LogP contribution in [0, 0.1) is 11.3 Å². The maximum absolute atomic E-state index is 9.15. The molecule has 0 aliphatic carbocycles. The Morgan fingerprint density at radius 3 is 2.16 bits per heavy atom. The van der Waals surface area contributed by atoms with Crippen LogP contribution in [-0.4, -0.2) is 47.8 Å². The third-order valence-electron chi connectivity index (χ3n) is 3.19. The van der Waals surface area contributed by atoms with Crippen LogP contribution < -0.4 is 5.32 Å². The second-order valence-electron chi connectivity index (χ2n) is 7.12. The van der Waals surface area contributed by atoms with Gasteiger partial charge < -0.3 is 4.74 Å². The first-order chi connectivity index (χ1) is 8.63. The van der Waals surface area contributed by atoms with Gasteiger partial charge in [-0.1, -0.05) is 0 Å². The van der Waals surface area contributed by atoms with E-state index in [0.717, 1.165) is 26.1 Å². The van der Waals surface area contributed by atoms with Gasteiger partial charge >= 0.3 is 0 Å². The largest absolute Gasteiger partial charge is 0.367 e. The molecule has 1 rings (SSSR count). The average molecular weight is 267 g/mol. The average Bonchev–Trinajstić information content (AvgIpc) is 2.19. The molecule has 0 spiro atoms. The number of hydrogen-bond acceptors (Lipinski definition) is 4. The molecule has 1 aliphatic heterocycles. The predicted octanol–water partition coefficient (Wildman–Crippen LogP) is 2.16. The molecule has 0 saturated carbocycles. The summed E-state index contributed by atoms with van der Waals surface area (Å²) in [6.07, 6.45) is 0.862. The lowest BCUT2D eigenvalue weighted by Gasteiger charge is -2.47. The molecule has 1 heterocycles. The Balaban J connectivity index is 2.50. The minimum absolute atomic E-state index is 0.0610. The molecule has 0 radical (unpaired) electrons. The van der Waals surface area contributed by atoms with Crippen molar-refractivity contribution in [3.05, 3.63) is 0 Å². The topological polar surface area (TPSA) is 48.3 Å². The Morgan fingerprint density at radius 2 is 1.74 bits per heavy atom. The van der Waals surface area contributed by atoms with Gasteiger partial charge in [0.2, 0.25) is 0 Å². The SMILES string of the molecule is CC(C)NC(C#N)CCN1CC(C)(C)OC(C)(C)C1. The summed E-state index contributed by atoms with van der Waals surface area (Å²) in [4.78, 5) is 2.41. The van der Waals surface area contributed by atoms with Crippen LogP contribution in [0.25, 0.3) is 0 Å². The van der Waals surface area contributed by atoms with Crippen molar-refractivity contribution in [2.24, 2.45) is 0 Å². The summed E-state index contributed by atoms with van der Waals surface area (Å²) in [6, 6.07) is 2.63. The van der Waals surface area contributed by atoms with E-state index < -0.39 is 0 Å². The summed E-state index contributed by atoms with van der Waals surface area (Å²) in [5, 5.41) is 12.4. The van der Waals surface area contributed by atoms with E-state index in [1.54, 1.807) is 0 Å². The first kappa shape index (κ1) is 16.4. The van der Waals surface area contributed by atoms with Crippen LogP contribution in [0.2, 0.25) is 0 Å². The molecule has 1 aliphatic rings. The van der Waals surface area contributed by atoms with E-state index in [9.17, 15) is 0 Å². The first-order valence-electron chi connectivity index (χ1n) is 7.22. The minimum Gasteiger partial charge on any atom is -0.367 e. The Morgan fingerprint density at radius 1 is 1.21 bits per heavy atom. The summed E-state index contributed by atoms with van der Waals surface area (Å²) in [5.74, 6) is 0. The van der Waals surface area contributed by atoms with Crippen LogP contribution >= 0.6 is 0 Å². The monoisotopic (exact) mass is 267 g/mol. The van der Waals surface area contributed by atoms with Gasteiger partial charge in [0.15, 0.2) is 0 Å². The van der Waals surface area contributed by atoms with E-state index in [1.165, 1.54) is 0 Å². The molecule has 1 saturated heterocycles. The molecule has 0 amide bonds. The minimum atomic E-state index is -0.116. The molecule has 0 aromatic carbocycles. The summed E-state index contributed by atoms with van der Waals surface area (Å²) in [7, 11) is 0. The number of ether oxygens (including phenoxy) is 1. The number of hydrogen-bond donors (Lipinski definition) is 1. The fourth-order valence-electron chi connectivity index (χ4n) is 3.00. The third-order valence-corrected chi connectivity index (χ3v) is 3.19. The fourth-order valence-corrected chi connectivity index (χ4v) is 3.00. The van der Waals surface area contributed by atoms with Gasteiger partial charge in [0, 0.05) is 25.7 Å². The Bertz CT molecular complexity index is 315. The van der Waals surface area contributed by atoms with Crippen molar-refractivity contribution in [2.75, 3.05) is 19.6 Å². The van der Waals surface area contributed by atoms with Crippen molar-refractivity contribution >= 4 is 0 Å². The Hall–Kier alpha value is -0.630. The summed E-state index contributed by atoms with van der Waals surface area (Å²) in [6.45, 7) is 15.5. The van der Waals surface area contributed by atoms with Gasteiger partial charge in [-0.25, -0.2) is 0 Å². The summed E-state index contributed by atoms with van der Waals surface area (Å²) >= 11 is 0. The highest BCUT2D eigenvalue weighted by Gasteiger charge is 2.37. The highest BCUT2D eigenvalue weighted by Crippen LogP contribution is 2.28. The van der Waals surface area contributed by atoms with Crippen LogP contribution in [0.4, 0.5) is 0 Å². The van der Waals surface area contributed by atoms with Crippen molar-refractivity contribution in [3.63, 3.8) is 0 Å². The van der Waals surface area contributed by atoms with Gasteiger partial charge in [-0.15, -0.1) is 0 Å². The molecule has 1 atom stereocenters. The first-order valence-corrected chi connectivity index (χ1v) is 7.22. The zero-order valence-corrected chi connectivity index (χ0v) is 13.3. The van der Waals surface area contributed by atoms with Crippen LogP contribution in [0.5, 0.6) is 0 Å². The maximum Gasteiger partial charge on any atom is 0.0967 e. The number of morpholine rings is 1. The molecule has 0 aromatic heterocycles. The van der Waals surface area contributed by atoms with Crippen molar-refractivity contribution in [2.45, 2.75) is 71.2 Å². The lowest BCUT2D eigenvalue weighted by molar-refractivity contribution is -0.180. The highest BCUT2D eigenvalue weighted by molar-refractivity contribution is 4.93. The molecule has 4 heteroatoms. The molecule has 19 heavy (non-hydrogen) atoms. The van der Waals surface area contributed by atoms with Crippen molar-refractivity contribution in [1.82, 2.24) is 10.2 Å². The van der Waals surface area contributed by atoms with E-state index in [-0.39, 0.29) is 17.2 Å². The molecule has 0 aromatic rings. The Labute approximate surface area is 118 Å². The van der Waals surface area contributed by atoms with Crippen molar-refractivity contribution in [1.29, 1.82) is 5.26 Å².